The first kappa shape index (κ1) is 42.8. The molecule has 128 valence electrons. The van der Waals surface area contributed by atoms with E-state index in [1.807, 2.05) is 0 Å². The zero-order valence-corrected chi connectivity index (χ0v) is 15.3. The summed E-state index contributed by atoms with van der Waals surface area (Å²) in [4.78, 5) is 35.6. The van der Waals surface area contributed by atoms with E-state index >= 15 is 0 Å². The third-order valence-corrected chi connectivity index (χ3v) is 0.167. The van der Waals surface area contributed by atoms with Gasteiger partial charge in [0.25, 0.3) is 0 Å². The molecule has 0 aliphatic carbocycles. The summed E-state index contributed by atoms with van der Waals surface area (Å²) in [6.45, 7) is 11.4. The average molecular weight is 376 g/mol. The Morgan fingerprint density at radius 1 is 0.682 bits per heavy atom. The van der Waals surface area contributed by atoms with Crippen LogP contribution >= 0.6 is 0 Å². The summed E-state index contributed by atoms with van der Waals surface area (Å²) in [5.74, 6) is -4.33. The van der Waals surface area contributed by atoms with E-state index in [1.54, 1.807) is 0 Å². The molecule has 0 atom stereocenters. The van der Waals surface area contributed by atoms with Gasteiger partial charge in [-0.05, 0) is 0 Å². The van der Waals surface area contributed by atoms with E-state index in [4.69, 9.17) is 51.1 Å². The maximum atomic E-state index is 8.89. The van der Waals surface area contributed by atoms with Crippen LogP contribution < -0.4 is 41.0 Å². The van der Waals surface area contributed by atoms with Crippen LogP contribution in [-0.2, 0) is 36.2 Å². The summed E-state index contributed by atoms with van der Waals surface area (Å²) < 4.78 is 0. The molecule has 8 N–H and O–H groups in total. The Morgan fingerprint density at radius 3 is 0.727 bits per heavy atom. The van der Waals surface area contributed by atoms with Gasteiger partial charge in [-0.3, -0.25) is 46.9 Å². The fraction of sp³-hybridized carbons (Fsp3) is 0.200. The van der Waals surface area contributed by atoms with E-state index < -0.39 is 23.9 Å². The third kappa shape index (κ3) is 148000. The number of carboxylic acid groups (broad SMARTS) is 4. The van der Waals surface area contributed by atoms with Gasteiger partial charge in [-0.25, -0.2) is 0 Å². The van der Waals surface area contributed by atoms with Crippen LogP contribution in [0.4, 0.5) is 0 Å². The zero-order valence-electron chi connectivity index (χ0n) is 13.2. The first-order chi connectivity index (χ1) is 8.84. The van der Waals surface area contributed by atoms with Crippen molar-refractivity contribution in [3.05, 3.63) is 27.7 Å². The van der Waals surface area contributed by atoms with E-state index in [0.717, 1.165) is 0 Å². The standard InChI is InChI=1S/C2H8N2.4C2H3O2.Fe.Na.H/c3-1-2-4;4*1-2(3)4;;;/h1-4H2;4*1H2,(H,3,4);;;/q;4*-1;+4;+1;-1. The number of carboxylic acids is 4. The molecule has 0 aliphatic heterocycles. The smallest absolute Gasteiger partial charge is 1.00 e. The van der Waals surface area contributed by atoms with Crippen molar-refractivity contribution in [3.8, 4) is 0 Å². The Hall–Kier alpha value is -1.20. The molecule has 0 aromatic rings. The molecule has 0 rings (SSSR count). The van der Waals surface area contributed by atoms with Crippen LogP contribution in [0.5, 0.6) is 0 Å². The van der Waals surface area contributed by atoms with Gasteiger partial charge in [0.15, 0.2) is 23.9 Å². The molecule has 0 aromatic carbocycles. The van der Waals surface area contributed by atoms with Gasteiger partial charge < -0.3 is 33.3 Å². The molecule has 0 radical (unpaired) electrons. The molecule has 0 aromatic heterocycles. The van der Waals surface area contributed by atoms with E-state index in [1.165, 1.54) is 0 Å². The fourth-order valence-electron chi connectivity index (χ4n) is 0. The molecule has 0 amide bonds. The van der Waals surface area contributed by atoms with Crippen LogP contribution in [0.3, 0.4) is 0 Å². The minimum absolute atomic E-state index is 0. The van der Waals surface area contributed by atoms with Crippen molar-refractivity contribution in [1.29, 1.82) is 0 Å². The molecule has 0 bridgehead atoms. The monoisotopic (exact) mass is 376 g/mol. The molecule has 0 heterocycles. The summed E-state index contributed by atoms with van der Waals surface area (Å²) in [5, 5.41) is 29.2. The second-order valence-corrected chi connectivity index (χ2v) is 2.15. The predicted molar refractivity (Wildman–Crippen MR) is 71.2 cm³/mol. The van der Waals surface area contributed by atoms with Gasteiger partial charge in [0, 0.05) is 13.1 Å². The second kappa shape index (κ2) is 42.7. The molecule has 0 fully saturated rings. The van der Waals surface area contributed by atoms with E-state index in [0.29, 0.717) is 13.1 Å². The quantitative estimate of drug-likeness (QED) is 0.192. The molecule has 0 saturated carbocycles. The number of carbonyl (C=O) groups is 4. The van der Waals surface area contributed by atoms with Crippen LogP contribution in [0.1, 0.15) is 1.43 Å². The number of hydrogen-bond acceptors (Lipinski definition) is 6. The first-order valence-electron chi connectivity index (χ1n) is 4.44. The van der Waals surface area contributed by atoms with Crippen molar-refractivity contribution in [2.24, 2.45) is 11.5 Å². The van der Waals surface area contributed by atoms with Gasteiger partial charge in [-0.15, -0.1) is 0 Å². The van der Waals surface area contributed by atoms with Crippen molar-refractivity contribution in [3.63, 3.8) is 0 Å². The normalized spacial score (nSPS) is 5.73. The Morgan fingerprint density at radius 2 is 0.727 bits per heavy atom. The average Bonchev–Trinajstić information content (AvgIpc) is 2.13. The van der Waals surface area contributed by atoms with E-state index in [2.05, 4.69) is 27.7 Å². The van der Waals surface area contributed by atoms with Crippen LogP contribution in [-0.4, -0.2) is 57.4 Å². The molecule has 0 aliphatic rings. The number of rotatable bonds is 1. The zero-order chi connectivity index (χ0) is 17.7. The largest absolute Gasteiger partial charge is 4.00 e. The number of aliphatic carboxylic acids is 4. The van der Waals surface area contributed by atoms with Crippen molar-refractivity contribution in [2.75, 3.05) is 13.1 Å². The molecule has 12 heteroatoms. The van der Waals surface area contributed by atoms with Crippen molar-refractivity contribution >= 4 is 23.9 Å². The van der Waals surface area contributed by atoms with Gasteiger partial charge in [-0.2, -0.15) is 0 Å². The summed E-state index contributed by atoms with van der Waals surface area (Å²) in [5.41, 5.74) is 9.81. The maximum Gasteiger partial charge on any atom is 4.00 e. The molecule has 0 saturated heterocycles. The summed E-state index contributed by atoms with van der Waals surface area (Å²) in [6, 6.07) is 0. The van der Waals surface area contributed by atoms with Gasteiger partial charge in [-0.1, -0.05) is 0 Å². The molecular weight excluding hydrogens is 355 g/mol. The minimum atomic E-state index is -1.08. The Balaban J connectivity index is -0.0000000197. The molecule has 10 nitrogen and oxygen atoms in total. The predicted octanol–water partition coefficient (Wildman–Crippen LogP) is -4.36. The van der Waals surface area contributed by atoms with Gasteiger partial charge in [0.1, 0.15) is 0 Å². The minimum Gasteiger partial charge on any atom is -1.00 e. The Labute approximate surface area is 163 Å². The Kier molecular flexibility index (Phi) is 83.1. The number of hydrogen-bond donors (Lipinski definition) is 6. The SMILES string of the molecule is NCCN.[CH2-]C(=O)O.[CH2-]C(=O)O.[CH2-]C(=O)O.[CH2-]C(=O)O.[Fe+4].[H-].[Na+]. The van der Waals surface area contributed by atoms with E-state index in [9.17, 15) is 0 Å². The second-order valence-electron chi connectivity index (χ2n) is 2.15. The number of nitrogens with two attached hydrogens (primary N) is 2. The van der Waals surface area contributed by atoms with Gasteiger partial charge >= 0.3 is 46.6 Å². The van der Waals surface area contributed by atoms with Gasteiger partial charge in [0.2, 0.25) is 0 Å². The van der Waals surface area contributed by atoms with Crippen molar-refractivity contribution in [1.82, 2.24) is 0 Å². The molecule has 0 spiro atoms. The maximum absolute atomic E-state index is 8.89. The van der Waals surface area contributed by atoms with E-state index in [-0.39, 0.29) is 48.1 Å². The fourth-order valence-corrected chi connectivity index (χ4v) is 0. The van der Waals surface area contributed by atoms with Gasteiger partial charge in [0.05, 0.1) is 0 Å². The third-order valence-electron chi connectivity index (χ3n) is 0.167. The van der Waals surface area contributed by atoms with Crippen LogP contribution in [0.2, 0.25) is 0 Å². The molecule has 22 heavy (non-hydrogen) atoms. The molecular formula is C10H21FeN2NaO8. The van der Waals surface area contributed by atoms with Crippen LogP contribution in [0.15, 0.2) is 0 Å². The van der Waals surface area contributed by atoms with Crippen LogP contribution in [0, 0.1) is 27.7 Å². The summed E-state index contributed by atoms with van der Waals surface area (Å²) in [6.07, 6.45) is 0. The van der Waals surface area contributed by atoms with Crippen molar-refractivity contribution in [2.45, 2.75) is 0 Å². The molecule has 0 unspecified atom stereocenters. The van der Waals surface area contributed by atoms with Crippen molar-refractivity contribution < 1.29 is 87.7 Å². The summed E-state index contributed by atoms with van der Waals surface area (Å²) >= 11 is 0. The topological polar surface area (TPSA) is 201 Å². The first-order valence-corrected chi connectivity index (χ1v) is 4.44. The van der Waals surface area contributed by atoms with Crippen LogP contribution in [0.25, 0.3) is 0 Å². The Bertz CT molecular complexity index is 207. The summed E-state index contributed by atoms with van der Waals surface area (Å²) in [7, 11) is 0.